The Hall–Kier alpha value is -17.8. The van der Waals surface area contributed by atoms with Crippen LogP contribution in [0.3, 0.4) is 0 Å². The molecule has 0 atom stereocenters. The van der Waals surface area contributed by atoms with Crippen molar-refractivity contribution in [2.24, 2.45) is 0 Å². The smallest absolute Gasteiger partial charge is 0.164 e. The lowest BCUT2D eigenvalue weighted by atomic mass is 9.92. The van der Waals surface area contributed by atoms with Gasteiger partial charge in [-0.3, -0.25) is 0 Å². The van der Waals surface area contributed by atoms with Gasteiger partial charge in [-0.2, -0.15) is 0 Å². The molecule has 0 saturated carbocycles. The molecule has 0 unspecified atom stereocenters. The quantitative estimate of drug-likeness (QED) is 0.0932. The van der Waals surface area contributed by atoms with E-state index in [0.717, 1.165) is 136 Å². The molecule has 2 N–H and O–H groups in total. The number of rotatable bonds is 16. The van der Waals surface area contributed by atoms with Gasteiger partial charge in [0.1, 0.15) is 91.6 Å². The van der Waals surface area contributed by atoms with Gasteiger partial charge in [0.2, 0.25) is 0 Å². The van der Waals surface area contributed by atoms with E-state index in [1.54, 1.807) is 28.4 Å². The van der Waals surface area contributed by atoms with Crippen LogP contribution in [0.15, 0.2) is 364 Å². The average molecular weight is 1710 g/mol. The van der Waals surface area contributed by atoms with Gasteiger partial charge in [-0.15, -0.1) is 0 Å². The Labute approximate surface area is 754 Å². The van der Waals surface area contributed by atoms with Crippen LogP contribution in [-0.4, -0.2) is 68.3 Å². The molecule has 0 radical (unpaired) electrons. The van der Waals surface area contributed by atoms with Gasteiger partial charge in [0, 0.05) is 88.3 Å². The summed E-state index contributed by atoms with van der Waals surface area (Å²) in [6.07, 6.45) is 0. The van der Waals surface area contributed by atoms with E-state index in [1.807, 2.05) is 121 Å². The van der Waals surface area contributed by atoms with Crippen molar-refractivity contribution in [3.8, 4) is 159 Å². The molecule has 626 valence electrons. The SMILES string of the molecule is COc1ccc2ccccc2c1-c1c(Oc2ccc3c(c2)-c2nc-3nc3[nH]c(nc4nc(nc5[nH]c(n2)c2ccc(Oc6ccc7ccccc7c6-c6c(OC)ccc7ccccc67)cc52)-c2cc(Oc5ccc6ccccc6c5-c5c(OC)ccc6ccccc56)ccc2-4)c2cc(Oc4ccc5ccccc5c4-c4c(OC)ccc5ccccc45)ccc32)ccc2ccccc12. The van der Waals surface area contributed by atoms with Gasteiger partial charge in [-0.05, 0) is 208 Å². The average Bonchev–Trinajstić information content (AvgIpc) is 1.51. The number of nitrogens with one attached hydrogen (secondary N) is 2. The van der Waals surface area contributed by atoms with Crippen LogP contribution in [0.5, 0.6) is 69.0 Å². The molecule has 0 fully saturated rings. The summed E-state index contributed by atoms with van der Waals surface area (Å²) in [7, 11) is 6.84. The Morgan fingerprint density at radius 1 is 0.167 bits per heavy atom. The molecule has 20 aromatic carbocycles. The van der Waals surface area contributed by atoms with Gasteiger partial charge >= 0.3 is 0 Å². The minimum absolute atomic E-state index is 0.323. The second-order valence-corrected chi connectivity index (χ2v) is 32.9. The summed E-state index contributed by atoms with van der Waals surface area (Å²) in [6.45, 7) is 0. The van der Waals surface area contributed by atoms with Crippen molar-refractivity contribution < 1.29 is 37.9 Å². The van der Waals surface area contributed by atoms with Gasteiger partial charge in [-0.25, -0.2) is 29.9 Å². The van der Waals surface area contributed by atoms with Crippen LogP contribution in [0.2, 0.25) is 0 Å². The van der Waals surface area contributed by atoms with Crippen LogP contribution in [0.1, 0.15) is 0 Å². The second-order valence-electron chi connectivity index (χ2n) is 32.9. The monoisotopic (exact) mass is 1710 g/mol. The molecule has 16 heteroatoms. The lowest BCUT2D eigenvalue weighted by Gasteiger charge is -2.19. The van der Waals surface area contributed by atoms with Gasteiger partial charge in [0.15, 0.2) is 23.3 Å². The normalized spacial score (nSPS) is 11.8. The molecule has 5 heterocycles. The van der Waals surface area contributed by atoms with Crippen LogP contribution in [0, 0.1) is 0 Å². The number of aromatic amines is 2. The van der Waals surface area contributed by atoms with Crippen LogP contribution < -0.4 is 37.9 Å². The predicted octanol–water partition coefficient (Wildman–Crippen LogP) is 30.0. The number of hydrogen-bond donors (Lipinski definition) is 2. The van der Waals surface area contributed by atoms with E-state index >= 15 is 0 Å². The largest absolute Gasteiger partial charge is 0.496 e. The number of methoxy groups -OCH3 is 4. The number of H-pyrrole nitrogens is 2. The molecule has 0 saturated heterocycles. The lowest BCUT2D eigenvalue weighted by Crippen LogP contribution is -1.95. The van der Waals surface area contributed by atoms with E-state index in [4.69, 9.17) is 67.8 Å². The highest BCUT2D eigenvalue weighted by molar-refractivity contribution is 6.16. The first-order chi connectivity index (χ1) is 65.2. The maximum atomic E-state index is 7.38. The Morgan fingerprint density at radius 2 is 0.371 bits per heavy atom. The minimum atomic E-state index is 0.323. The van der Waals surface area contributed by atoms with Crippen molar-refractivity contribution in [2.75, 3.05) is 28.4 Å². The molecule has 132 heavy (non-hydrogen) atoms. The third kappa shape index (κ3) is 12.7. The molecule has 16 nitrogen and oxygen atoms in total. The van der Waals surface area contributed by atoms with Crippen LogP contribution >= 0.6 is 0 Å². The molecule has 3 aromatic heterocycles. The highest BCUT2D eigenvalue weighted by Crippen LogP contribution is 2.54. The number of fused-ring (bicyclic) bond motifs is 28. The summed E-state index contributed by atoms with van der Waals surface area (Å²) in [5, 5.41) is 19.1. The summed E-state index contributed by atoms with van der Waals surface area (Å²) in [5.74, 6) is 8.72. The standard InChI is InChI=1S/C116H74N8O8/c1-125-93-53-37-65-21-5-13-29-77(65)101(93)105-81-33-17-9-25-69(81)41-57-97(105)129-73-45-49-85-89(61-73)113-118-109(85)117-110-86-50-46-74(130-98-58-42-70-26-10-18-34-82(70)106(98)102-78-30-14-6-22-66(78)38-54-94(102)126-2)62-90(86)114(119-110)121-112-88-52-48-76(132-100-60-44-72-28-12-20-36-84(72)108(100)104-80-32-16-8-24-68(80)40-56-96(104)128-4)64-92(88)116(123-112)124-115-91-63-75(47-51-87(91)111(120-113)122-115)131-99-59-43-71-27-11-19-35-83(71)107(99)103-79-31-15-7-23-67(79)39-55-95(103)127-3/h5-64H,1-4H3,(H2,117,118,119,120,121,122,123,124). The van der Waals surface area contributed by atoms with Crippen molar-refractivity contribution in [2.45, 2.75) is 0 Å². The molecular weight excluding hydrogens is 1630 g/mol. The minimum Gasteiger partial charge on any atom is -0.496 e. The zero-order valence-corrected chi connectivity index (χ0v) is 71.6. The molecule has 2 aliphatic rings. The fourth-order valence-corrected chi connectivity index (χ4v) is 19.6. The van der Waals surface area contributed by atoms with Crippen LogP contribution in [0.4, 0.5) is 0 Å². The highest BCUT2D eigenvalue weighted by atomic mass is 16.5. The maximum absolute atomic E-state index is 7.38. The Kier molecular flexibility index (Phi) is 18.0. The van der Waals surface area contributed by atoms with Gasteiger partial charge in [0.25, 0.3) is 0 Å². The summed E-state index contributed by atoms with van der Waals surface area (Å²) in [6, 6.07) is 124. The summed E-state index contributed by atoms with van der Waals surface area (Å²) in [4.78, 5) is 41.3. The summed E-state index contributed by atoms with van der Waals surface area (Å²) in [5.41, 5.74) is 11.5. The number of benzene rings is 20. The van der Waals surface area contributed by atoms with Crippen molar-refractivity contribution >= 4 is 130 Å². The van der Waals surface area contributed by atoms with E-state index in [-0.39, 0.29) is 0 Å². The van der Waals surface area contributed by atoms with E-state index in [1.165, 1.54) is 0 Å². The molecule has 8 bridgehead atoms. The Morgan fingerprint density at radius 3 is 0.621 bits per heavy atom. The molecule has 0 amide bonds. The number of ether oxygens (including phenoxy) is 8. The molecule has 25 rings (SSSR count). The molecule has 0 aliphatic carbocycles. The molecule has 23 aromatic rings. The van der Waals surface area contributed by atoms with E-state index in [0.29, 0.717) is 153 Å². The maximum Gasteiger partial charge on any atom is 0.164 e. The molecule has 2 aliphatic heterocycles. The zero-order valence-electron chi connectivity index (χ0n) is 71.6. The first-order valence-electron chi connectivity index (χ1n) is 43.6. The Bertz CT molecular complexity index is 9040. The Balaban J connectivity index is 0.729. The van der Waals surface area contributed by atoms with E-state index in [9.17, 15) is 0 Å². The van der Waals surface area contributed by atoms with Gasteiger partial charge in [-0.1, -0.05) is 243 Å². The van der Waals surface area contributed by atoms with Gasteiger partial charge in [0.05, 0.1) is 28.4 Å². The predicted molar refractivity (Wildman–Crippen MR) is 530 cm³/mol. The van der Waals surface area contributed by atoms with Crippen LogP contribution in [0.25, 0.3) is 220 Å². The second kappa shape index (κ2) is 31.1. The highest BCUT2D eigenvalue weighted by Gasteiger charge is 2.30. The molecule has 0 spiro atoms. The molecular formula is C116H74N8O8. The number of nitrogens with zero attached hydrogens (tertiary/aromatic N) is 6. The first-order valence-corrected chi connectivity index (χ1v) is 43.6. The van der Waals surface area contributed by atoms with Crippen molar-refractivity contribution in [3.05, 3.63) is 364 Å². The zero-order chi connectivity index (χ0) is 87.8. The van der Waals surface area contributed by atoms with Crippen molar-refractivity contribution in [3.63, 3.8) is 0 Å². The number of hydrogen-bond acceptors (Lipinski definition) is 14. The fraction of sp³-hybridized carbons (Fsp3) is 0.0345. The first kappa shape index (κ1) is 76.7. The lowest BCUT2D eigenvalue weighted by molar-refractivity contribution is 0.416. The summed E-state index contributed by atoms with van der Waals surface area (Å²) < 4.78 is 54.5. The van der Waals surface area contributed by atoms with Crippen molar-refractivity contribution in [1.29, 1.82) is 0 Å². The third-order valence-corrected chi connectivity index (χ3v) is 25.6. The van der Waals surface area contributed by atoms with Crippen LogP contribution in [-0.2, 0) is 0 Å². The topological polar surface area (TPSA) is 183 Å². The van der Waals surface area contributed by atoms with Crippen molar-refractivity contribution in [1.82, 2.24) is 39.9 Å². The number of aromatic nitrogens is 8. The summed E-state index contributed by atoms with van der Waals surface area (Å²) >= 11 is 0. The third-order valence-electron chi connectivity index (χ3n) is 25.6. The van der Waals surface area contributed by atoms with Gasteiger partial charge < -0.3 is 47.9 Å². The van der Waals surface area contributed by atoms with E-state index in [2.05, 4.69) is 253 Å². The fourth-order valence-electron chi connectivity index (χ4n) is 19.6. The van der Waals surface area contributed by atoms with E-state index < -0.39 is 0 Å².